The van der Waals surface area contributed by atoms with Crippen molar-refractivity contribution in [3.8, 4) is 11.3 Å². The van der Waals surface area contributed by atoms with Crippen LogP contribution in [0.25, 0.3) is 41.6 Å². The molecule has 2 aromatic carbocycles. The number of hydrogen-bond acceptors (Lipinski definition) is 5. The van der Waals surface area contributed by atoms with Gasteiger partial charge >= 0.3 is 0 Å². The molecule has 5 heteroatoms. The first-order valence-corrected chi connectivity index (χ1v) is 14.2. The number of benzene rings is 2. The van der Waals surface area contributed by atoms with Crippen molar-refractivity contribution in [2.75, 3.05) is 0 Å². The molecule has 0 amide bonds. The number of fused-ring (bicyclic) bond motifs is 5. The molecule has 0 aliphatic rings. The van der Waals surface area contributed by atoms with Crippen molar-refractivity contribution >= 4 is 64.8 Å². The zero-order chi connectivity index (χ0) is 24.2. The molecule has 3 aromatic heterocycles. The van der Waals surface area contributed by atoms with Crippen molar-refractivity contribution < 1.29 is 0 Å². The predicted molar refractivity (Wildman–Crippen MR) is 154 cm³/mol. The Morgan fingerprint density at radius 3 is 2.44 bits per heavy atom. The van der Waals surface area contributed by atoms with Gasteiger partial charge in [0.25, 0.3) is 0 Å². The maximum Gasteiger partial charge on any atom is 0.116 e. The van der Waals surface area contributed by atoms with Crippen LogP contribution in [-0.2, 0) is 11.8 Å². The maximum absolute atomic E-state index is 4.79. The first kappa shape index (κ1) is 23.5. The van der Waals surface area contributed by atoms with E-state index >= 15 is 0 Å². The minimum Gasteiger partial charge on any atom is -0.235 e. The van der Waals surface area contributed by atoms with Gasteiger partial charge in [-0.25, -0.2) is 9.97 Å². The number of thiophene rings is 2. The lowest BCUT2D eigenvalue weighted by atomic mass is 9.85. The lowest BCUT2D eigenvalue weighted by molar-refractivity contribution is 0.578. The Hall–Kier alpha value is -2.21. The second-order valence-corrected chi connectivity index (χ2v) is 13.6. The average molecular weight is 503 g/mol. The molecule has 0 bridgehead atoms. The van der Waals surface area contributed by atoms with Crippen LogP contribution in [-0.4, -0.2) is 9.97 Å². The molecule has 174 valence electrons. The highest BCUT2D eigenvalue weighted by Crippen LogP contribution is 2.45. The Bertz CT molecular complexity index is 1550. The normalized spacial score (nSPS) is 12.4. The second-order valence-electron chi connectivity index (χ2n) is 10.3. The van der Waals surface area contributed by atoms with Gasteiger partial charge in [0.15, 0.2) is 0 Å². The minimum absolute atomic E-state index is 0.0289. The van der Waals surface area contributed by atoms with Gasteiger partial charge in [-0.15, -0.1) is 22.7 Å². The fraction of sp³-hybridized carbons (Fsp3) is 0.310. The average Bonchev–Trinajstić information content (AvgIpc) is 3.31. The van der Waals surface area contributed by atoms with Crippen molar-refractivity contribution in [1.29, 1.82) is 0 Å². The van der Waals surface area contributed by atoms with E-state index in [9.17, 15) is 0 Å². The third-order valence-corrected chi connectivity index (χ3v) is 9.57. The number of nitrogens with zero attached hydrogens (tertiary/aromatic N) is 2. The molecule has 0 saturated heterocycles. The van der Waals surface area contributed by atoms with Gasteiger partial charge in [0.2, 0.25) is 0 Å². The molecule has 0 aliphatic carbocycles. The molecule has 0 N–H and O–H groups in total. The van der Waals surface area contributed by atoms with Crippen LogP contribution < -0.4 is 0 Å². The SMILES string of the molecule is C=CSc1ccc(-c2ncnc3c2sc2c3ccc3c(CC(C)C)c(C)sc32)cc1C(C)(C)C. The van der Waals surface area contributed by atoms with Crippen molar-refractivity contribution in [1.82, 2.24) is 9.97 Å². The highest BCUT2D eigenvalue weighted by Gasteiger charge is 2.22. The van der Waals surface area contributed by atoms with Gasteiger partial charge in [-0.3, -0.25) is 0 Å². The zero-order valence-corrected chi connectivity index (χ0v) is 23.1. The van der Waals surface area contributed by atoms with Crippen LogP contribution in [0.3, 0.4) is 0 Å². The van der Waals surface area contributed by atoms with E-state index in [1.807, 2.05) is 28.1 Å². The first-order valence-electron chi connectivity index (χ1n) is 11.7. The Labute approximate surface area is 214 Å². The van der Waals surface area contributed by atoms with Gasteiger partial charge in [-0.2, -0.15) is 0 Å². The quantitative estimate of drug-likeness (QED) is 0.224. The summed E-state index contributed by atoms with van der Waals surface area (Å²) in [6.07, 6.45) is 2.85. The Morgan fingerprint density at radius 1 is 1.00 bits per heavy atom. The number of aromatic nitrogens is 2. The summed E-state index contributed by atoms with van der Waals surface area (Å²) in [4.78, 5) is 12.2. The molecule has 3 heterocycles. The third-order valence-electron chi connectivity index (χ3n) is 6.26. The van der Waals surface area contributed by atoms with Gasteiger partial charge in [0.05, 0.1) is 25.3 Å². The molecule has 0 saturated carbocycles. The summed E-state index contributed by atoms with van der Waals surface area (Å²) in [6.45, 7) is 17.6. The Kier molecular flexibility index (Phi) is 6.07. The standard InChI is InChI=1S/C29H30N2S3/c1-8-32-23-12-9-18(14-22(23)29(5,6)7)24-28-25(31-15-30-24)20-11-10-19-21(13-16(2)3)17(4)33-26(19)27(20)34-28/h8-12,14-16H,1,13H2,2-7H3. The van der Waals surface area contributed by atoms with Crippen molar-refractivity contribution in [3.63, 3.8) is 0 Å². The molecule has 5 aromatic rings. The van der Waals surface area contributed by atoms with E-state index in [0.717, 1.165) is 23.2 Å². The maximum atomic E-state index is 4.79. The van der Waals surface area contributed by atoms with E-state index in [4.69, 9.17) is 9.97 Å². The molecule has 0 radical (unpaired) electrons. The van der Waals surface area contributed by atoms with E-state index in [1.165, 1.54) is 45.8 Å². The number of aryl methyl sites for hydroxylation is 1. The molecule has 5 rings (SSSR count). The molecular weight excluding hydrogens is 473 g/mol. The molecule has 0 atom stereocenters. The van der Waals surface area contributed by atoms with Gasteiger partial charge in [-0.1, -0.05) is 71.2 Å². The fourth-order valence-corrected chi connectivity index (χ4v) is 8.08. The molecular formula is C29H30N2S3. The predicted octanol–water partition coefficient (Wildman–Crippen LogP) is 9.77. The number of thioether (sulfide) groups is 1. The molecule has 0 unspecified atom stereocenters. The van der Waals surface area contributed by atoms with Crippen LogP contribution in [0.5, 0.6) is 0 Å². The van der Waals surface area contributed by atoms with Crippen molar-refractivity contribution in [2.45, 2.75) is 58.3 Å². The van der Waals surface area contributed by atoms with Crippen molar-refractivity contribution in [2.24, 2.45) is 5.92 Å². The van der Waals surface area contributed by atoms with Crippen LogP contribution in [0.15, 0.2) is 53.5 Å². The highest BCUT2D eigenvalue weighted by molar-refractivity contribution is 8.02. The van der Waals surface area contributed by atoms with E-state index in [2.05, 4.69) is 78.5 Å². The lowest BCUT2D eigenvalue weighted by Crippen LogP contribution is -2.12. The number of hydrogen-bond donors (Lipinski definition) is 0. The van der Waals surface area contributed by atoms with Gasteiger partial charge in [-0.05, 0) is 58.7 Å². The minimum atomic E-state index is 0.0289. The Morgan fingerprint density at radius 2 is 1.74 bits per heavy atom. The second kappa shape index (κ2) is 8.78. The third kappa shape index (κ3) is 3.98. The molecule has 0 fully saturated rings. The summed E-state index contributed by atoms with van der Waals surface area (Å²) in [5, 5.41) is 4.55. The topological polar surface area (TPSA) is 25.8 Å². The monoisotopic (exact) mass is 502 g/mol. The molecule has 34 heavy (non-hydrogen) atoms. The summed E-state index contributed by atoms with van der Waals surface area (Å²) < 4.78 is 3.91. The van der Waals surface area contributed by atoms with Gasteiger partial charge in [0, 0.05) is 20.7 Å². The van der Waals surface area contributed by atoms with E-state index in [0.29, 0.717) is 5.92 Å². The lowest BCUT2D eigenvalue weighted by Gasteiger charge is -2.23. The van der Waals surface area contributed by atoms with Crippen molar-refractivity contribution in [3.05, 3.63) is 64.7 Å². The van der Waals surface area contributed by atoms with Crippen LogP contribution >= 0.6 is 34.4 Å². The van der Waals surface area contributed by atoms with Crippen LogP contribution in [0, 0.1) is 12.8 Å². The molecule has 0 aliphatic heterocycles. The smallest absolute Gasteiger partial charge is 0.116 e. The van der Waals surface area contributed by atoms with Crippen LogP contribution in [0.2, 0.25) is 0 Å². The molecule has 2 nitrogen and oxygen atoms in total. The van der Waals surface area contributed by atoms with E-state index in [-0.39, 0.29) is 5.41 Å². The van der Waals surface area contributed by atoms with E-state index in [1.54, 1.807) is 18.1 Å². The van der Waals surface area contributed by atoms with Gasteiger partial charge < -0.3 is 0 Å². The highest BCUT2D eigenvalue weighted by atomic mass is 32.2. The Balaban J connectivity index is 1.75. The summed E-state index contributed by atoms with van der Waals surface area (Å²) in [7, 11) is 0. The summed E-state index contributed by atoms with van der Waals surface area (Å²) >= 11 is 5.46. The largest absolute Gasteiger partial charge is 0.235 e. The van der Waals surface area contributed by atoms with E-state index < -0.39 is 0 Å². The molecule has 0 spiro atoms. The fourth-order valence-electron chi connectivity index (χ4n) is 4.68. The summed E-state index contributed by atoms with van der Waals surface area (Å²) in [5.74, 6) is 0.645. The van der Waals surface area contributed by atoms with Crippen LogP contribution in [0.4, 0.5) is 0 Å². The first-order chi connectivity index (χ1) is 16.2. The number of rotatable bonds is 5. The van der Waals surface area contributed by atoms with Gasteiger partial charge in [0.1, 0.15) is 6.33 Å². The summed E-state index contributed by atoms with van der Waals surface area (Å²) in [6, 6.07) is 11.3. The van der Waals surface area contributed by atoms with Crippen LogP contribution in [0.1, 0.15) is 50.6 Å². The zero-order valence-electron chi connectivity index (χ0n) is 20.7. The summed E-state index contributed by atoms with van der Waals surface area (Å²) in [5.41, 5.74) is 6.08.